The first-order valence-electron chi connectivity index (χ1n) is 4.49. The van der Waals surface area contributed by atoms with Crippen molar-refractivity contribution in [1.82, 2.24) is 4.57 Å². The first-order chi connectivity index (χ1) is 7.79. The van der Waals surface area contributed by atoms with Crippen LogP contribution >= 0.6 is 38.5 Å². The number of fused-ring (bicyclic) bond motifs is 1. The van der Waals surface area contributed by atoms with E-state index in [9.17, 15) is 17.6 Å². The number of halogens is 6. The number of nitrogens with zero attached hydrogens (tertiary/aromatic N) is 1. The topological polar surface area (TPSA) is 4.93 Å². The van der Waals surface area contributed by atoms with Gasteiger partial charge in [0, 0.05) is 9.86 Å². The van der Waals surface area contributed by atoms with E-state index in [2.05, 4.69) is 15.9 Å². The Morgan fingerprint density at radius 3 is 2.53 bits per heavy atom. The third-order valence-corrected chi connectivity index (χ3v) is 3.83. The van der Waals surface area contributed by atoms with Gasteiger partial charge in [0.1, 0.15) is 12.4 Å². The summed E-state index contributed by atoms with van der Waals surface area (Å²) in [4.78, 5) is 0. The van der Waals surface area contributed by atoms with Gasteiger partial charge >= 0.3 is 6.18 Å². The van der Waals surface area contributed by atoms with Crippen molar-refractivity contribution in [3.05, 3.63) is 32.2 Å². The van der Waals surface area contributed by atoms with Crippen LogP contribution in [0, 0.1) is 9.52 Å². The van der Waals surface area contributed by atoms with E-state index in [1.54, 1.807) is 22.6 Å². The maximum Gasteiger partial charge on any atom is 0.406 e. The first-order valence-corrected chi connectivity index (χ1v) is 6.36. The molecule has 92 valence electrons. The molecule has 0 radical (unpaired) electrons. The van der Waals surface area contributed by atoms with Gasteiger partial charge in [-0.1, -0.05) is 15.9 Å². The highest BCUT2D eigenvalue weighted by molar-refractivity contribution is 14.1. The molecule has 0 atom stereocenters. The van der Waals surface area contributed by atoms with Gasteiger partial charge in [0.25, 0.3) is 0 Å². The van der Waals surface area contributed by atoms with Crippen molar-refractivity contribution in [3.63, 3.8) is 0 Å². The molecule has 7 heteroatoms. The van der Waals surface area contributed by atoms with Crippen LogP contribution in [0.4, 0.5) is 17.6 Å². The second-order valence-corrected chi connectivity index (χ2v) is 5.42. The molecule has 17 heavy (non-hydrogen) atoms. The second-order valence-electron chi connectivity index (χ2n) is 3.46. The largest absolute Gasteiger partial charge is 0.406 e. The number of hydrogen-bond acceptors (Lipinski definition) is 0. The lowest BCUT2D eigenvalue weighted by Gasteiger charge is -2.11. The lowest BCUT2D eigenvalue weighted by atomic mass is 10.2. The standard InChI is InChI=1S/C10H5BrF4IN/c11-6-1-2-7(12)9-5(6)3-8(16)17(9)4-10(13,14)15/h1-3H,4H2. The zero-order chi connectivity index (χ0) is 12.8. The van der Waals surface area contributed by atoms with E-state index >= 15 is 0 Å². The van der Waals surface area contributed by atoms with Gasteiger partial charge in [0.15, 0.2) is 0 Å². The number of aromatic nitrogens is 1. The molecule has 0 saturated carbocycles. The van der Waals surface area contributed by atoms with Crippen molar-refractivity contribution in [2.45, 2.75) is 12.7 Å². The van der Waals surface area contributed by atoms with Crippen LogP contribution in [0.1, 0.15) is 0 Å². The van der Waals surface area contributed by atoms with Gasteiger partial charge in [-0.2, -0.15) is 13.2 Å². The molecular weight excluding hydrogens is 417 g/mol. The average molecular weight is 422 g/mol. The molecule has 1 aromatic heterocycles. The molecule has 0 aliphatic carbocycles. The molecule has 0 fully saturated rings. The Bertz CT molecular complexity index is 576. The van der Waals surface area contributed by atoms with Crippen LogP contribution in [0.5, 0.6) is 0 Å². The van der Waals surface area contributed by atoms with E-state index in [0.717, 1.165) is 10.6 Å². The van der Waals surface area contributed by atoms with E-state index in [-0.39, 0.29) is 5.52 Å². The molecule has 1 nitrogen and oxygen atoms in total. The van der Waals surface area contributed by atoms with E-state index in [1.165, 1.54) is 12.1 Å². The molecule has 0 bridgehead atoms. The molecule has 1 aromatic carbocycles. The van der Waals surface area contributed by atoms with Gasteiger partial charge < -0.3 is 4.57 Å². The monoisotopic (exact) mass is 421 g/mol. The van der Waals surface area contributed by atoms with Gasteiger partial charge in [-0.15, -0.1) is 0 Å². The van der Waals surface area contributed by atoms with E-state index in [4.69, 9.17) is 0 Å². The summed E-state index contributed by atoms with van der Waals surface area (Å²) in [6, 6.07) is 4.15. The van der Waals surface area contributed by atoms with Crippen LogP contribution in [0.2, 0.25) is 0 Å². The Labute approximate surface area is 116 Å². The normalized spacial score (nSPS) is 12.4. The molecule has 0 aliphatic heterocycles. The van der Waals surface area contributed by atoms with Crippen LogP contribution in [0.15, 0.2) is 22.7 Å². The Hall–Kier alpha value is -0.310. The maximum atomic E-state index is 13.6. The van der Waals surface area contributed by atoms with Crippen molar-refractivity contribution in [1.29, 1.82) is 0 Å². The molecule has 0 unspecified atom stereocenters. The molecule has 2 rings (SSSR count). The van der Waals surface area contributed by atoms with Crippen LogP contribution in [0.3, 0.4) is 0 Å². The molecule has 0 saturated heterocycles. The molecule has 0 spiro atoms. The Balaban J connectivity index is 2.71. The zero-order valence-corrected chi connectivity index (χ0v) is 11.9. The maximum absolute atomic E-state index is 13.6. The van der Waals surface area contributed by atoms with Gasteiger partial charge in [-0.3, -0.25) is 0 Å². The summed E-state index contributed by atoms with van der Waals surface area (Å²) in [7, 11) is 0. The average Bonchev–Trinajstić information content (AvgIpc) is 2.49. The predicted molar refractivity (Wildman–Crippen MR) is 68.4 cm³/mol. The number of hydrogen-bond donors (Lipinski definition) is 0. The van der Waals surface area contributed by atoms with E-state index < -0.39 is 18.5 Å². The van der Waals surface area contributed by atoms with Crippen LogP contribution in [0.25, 0.3) is 10.9 Å². The van der Waals surface area contributed by atoms with Gasteiger partial charge in [0.05, 0.1) is 9.22 Å². The van der Waals surface area contributed by atoms with E-state index in [0.29, 0.717) is 13.6 Å². The molecule has 0 N–H and O–H groups in total. The summed E-state index contributed by atoms with van der Waals surface area (Å²) in [6.45, 7) is -1.19. The molecule has 1 heterocycles. The van der Waals surface area contributed by atoms with Crippen molar-refractivity contribution >= 4 is 49.4 Å². The highest BCUT2D eigenvalue weighted by Gasteiger charge is 2.30. The predicted octanol–water partition coefficient (Wildman–Crippen LogP) is 4.71. The lowest BCUT2D eigenvalue weighted by molar-refractivity contribution is -0.140. The quantitative estimate of drug-likeness (QED) is 0.464. The van der Waals surface area contributed by atoms with Crippen LogP contribution in [-0.4, -0.2) is 10.7 Å². The fourth-order valence-electron chi connectivity index (χ4n) is 1.61. The summed E-state index contributed by atoms with van der Waals surface area (Å²) in [5, 5.41) is 0.443. The fraction of sp³-hybridized carbons (Fsp3) is 0.200. The molecule has 2 aromatic rings. The number of alkyl halides is 3. The summed E-state index contributed by atoms with van der Waals surface area (Å²) < 4.78 is 52.7. The highest BCUT2D eigenvalue weighted by Crippen LogP contribution is 2.32. The summed E-state index contributed by atoms with van der Waals surface area (Å²) >= 11 is 4.96. The first kappa shape index (κ1) is 13.1. The minimum atomic E-state index is -4.37. The summed E-state index contributed by atoms with van der Waals surface area (Å²) in [6.07, 6.45) is -4.37. The van der Waals surface area contributed by atoms with Crippen molar-refractivity contribution in [3.8, 4) is 0 Å². The second kappa shape index (κ2) is 4.42. The molecule has 0 amide bonds. The van der Waals surface area contributed by atoms with Crippen LogP contribution in [-0.2, 0) is 6.54 Å². The van der Waals surface area contributed by atoms with Gasteiger partial charge in [-0.25, -0.2) is 4.39 Å². The fourth-order valence-corrected chi connectivity index (χ4v) is 2.76. The Kier molecular flexibility index (Phi) is 3.41. The third kappa shape index (κ3) is 2.59. The Morgan fingerprint density at radius 2 is 1.94 bits per heavy atom. The zero-order valence-electron chi connectivity index (χ0n) is 8.15. The minimum absolute atomic E-state index is 0.0268. The summed E-state index contributed by atoms with van der Waals surface area (Å²) in [5.41, 5.74) is -0.0268. The number of benzene rings is 1. The smallest absolute Gasteiger partial charge is 0.324 e. The summed E-state index contributed by atoms with van der Waals surface area (Å²) in [5.74, 6) is -0.657. The lowest BCUT2D eigenvalue weighted by Crippen LogP contribution is -2.18. The minimum Gasteiger partial charge on any atom is -0.324 e. The van der Waals surface area contributed by atoms with E-state index in [1.807, 2.05) is 0 Å². The number of rotatable bonds is 1. The molecule has 0 aliphatic rings. The van der Waals surface area contributed by atoms with Crippen molar-refractivity contribution < 1.29 is 17.6 Å². The third-order valence-electron chi connectivity index (χ3n) is 2.24. The van der Waals surface area contributed by atoms with Gasteiger partial charge in [0.2, 0.25) is 0 Å². The van der Waals surface area contributed by atoms with Crippen molar-refractivity contribution in [2.24, 2.45) is 0 Å². The van der Waals surface area contributed by atoms with Crippen LogP contribution < -0.4 is 0 Å². The Morgan fingerprint density at radius 1 is 1.29 bits per heavy atom. The van der Waals surface area contributed by atoms with Gasteiger partial charge in [-0.05, 0) is 40.8 Å². The van der Waals surface area contributed by atoms with Crippen molar-refractivity contribution in [2.75, 3.05) is 0 Å². The molecular formula is C10H5BrF4IN. The highest BCUT2D eigenvalue weighted by atomic mass is 127. The SMILES string of the molecule is Fc1ccc(Br)c2cc(I)n(CC(F)(F)F)c12.